The van der Waals surface area contributed by atoms with E-state index in [0.29, 0.717) is 0 Å². The molecule has 76 valence electrons. The largest absolute Gasteiger partial charge is 0.434 e. The Balaban J connectivity index is 3.01. The Morgan fingerprint density at radius 1 is 1.36 bits per heavy atom. The maximum atomic E-state index is 12.7. The topological polar surface area (TPSA) is 9.23 Å². The van der Waals surface area contributed by atoms with Crippen molar-refractivity contribution in [3.05, 3.63) is 34.6 Å². The summed E-state index contributed by atoms with van der Waals surface area (Å²) in [7, 11) is 0. The minimum absolute atomic E-state index is 0.0582. The predicted octanol–water partition coefficient (Wildman–Crippen LogP) is 3.79. The van der Waals surface area contributed by atoms with E-state index >= 15 is 0 Å². The molecule has 0 heterocycles. The van der Waals surface area contributed by atoms with Crippen LogP contribution >= 0.6 is 15.9 Å². The Hall–Kier alpha value is -0.970. The third-order valence-electron chi connectivity index (χ3n) is 1.43. The molecule has 0 aliphatic rings. The van der Waals surface area contributed by atoms with Gasteiger partial charge in [-0.3, -0.25) is 0 Å². The molecule has 1 aromatic rings. The molecule has 0 radical (unpaired) electrons. The van der Waals surface area contributed by atoms with Gasteiger partial charge in [0.1, 0.15) is 11.6 Å². The Morgan fingerprint density at radius 2 is 2.07 bits per heavy atom. The lowest BCUT2D eigenvalue weighted by molar-refractivity contribution is -0.0500. The molecule has 0 N–H and O–H groups in total. The van der Waals surface area contributed by atoms with Gasteiger partial charge in [-0.2, -0.15) is 8.78 Å². The Kier molecular flexibility index (Phi) is 4.00. The number of benzene rings is 1. The van der Waals surface area contributed by atoms with Crippen LogP contribution in [0, 0.1) is 5.82 Å². The molecule has 0 bridgehead atoms. The van der Waals surface area contributed by atoms with Crippen LogP contribution < -0.4 is 4.74 Å². The number of hydrogen-bond acceptors (Lipinski definition) is 1. The van der Waals surface area contributed by atoms with Crippen molar-refractivity contribution in [2.45, 2.75) is 6.61 Å². The minimum atomic E-state index is -2.91. The Labute approximate surface area is 87.3 Å². The van der Waals surface area contributed by atoms with Crippen molar-refractivity contribution in [3.8, 4) is 5.75 Å². The highest BCUT2D eigenvalue weighted by Gasteiger charge is 2.08. The molecule has 0 fully saturated rings. The number of alkyl halides is 2. The number of rotatable bonds is 3. The van der Waals surface area contributed by atoms with E-state index in [2.05, 4.69) is 20.7 Å². The van der Waals surface area contributed by atoms with Gasteiger partial charge in [0, 0.05) is 5.56 Å². The number of halogens is 4. The first kappa shape index (κ1) is 11.1. The van der Waals surface area contributed by atoms with Gasteiger partial charge in [0.15, 0.2) is 0 Å². The number of hydrogen-bond donors (Lipinski definition) is 0. The van der Waals surface area contributed by atoms with Crippen molar-refractivity contribution in [3.63, 3.8) is 0 Å². The van der Waals surface area contributed by atoms with Crippen LogP contribution in [0.2, 0.25) is 0 Å². The van der Waals surface area contributed by atoms with Gasteiger partial charge in [-0.15, -0.1) is 0 Å². The van der Waals surface area contributed by atoms with Crippen LogP contribution in [0.25, 0.3) is 6.08 Å². The molecule has 0 saturated heterocycles. The molecule has 5 heteroatoms. The van der Waals surface area contributed by atoms with Gasteiger partial charge in [0.05, 0.1) is 0 Å². The molecule has 1 aromatic carbocycles. The summed E-state index contributed by atoms with van der Waals surface area (Å²) in [5.74, 6) is -0.565. The molecule has 0 saturated carbocycles. The monoisotopic (exact) mass is 266 g/mol. The average molecular weight is 267 g/mol. The fourth-order valence-corrected chi connectivity index (χ4v) is 1.21. The van der Waals surface area contributed by atoms with Crippen LogP contribution in [0.1, 0.15) is 5.56 Å². The summed E-state index contributed by atoms with van der Waals surface area (Å²) in [5.41, 5.74) is 0.252. The van der Waals surface area contributed by atoms with E-state index in [0.717, 1.165) is 18.2 Å². The van der Waals surface area contributed by atoms with Gasteiger partial charge in [-0.1, -0.05) is 15.9 Å². The first-order chi connectivity index (χ1) is 6.63. The normalized spacial score (nSPS) is 11.2. The lowest BCUT2D eigenvalue weighted by Gasteiger charge is -2.07. The van der Waals surface area contributed by atoms with Gasteiger partial charge in [-0.05, 0) is 29.3 Å². The first-order valence-electron chi connectivity index (χ1n) is 3.64. The van der Waals surface area contributed by atoms with Gasteiger partial charge in [-0.25, -0.2) is 4.39 Å². The second-order valence-corrected chi connectivity index (χ2v) is 2.88. The average Bonchev–Trinajstić information content (AvgIpc) is 2.09. The Bertz CT molecular complexity index is 339. The van der Waals surface area contributed by atoms with Crippen LogP contribution in [-0.2, 0) is 0 Å². The molecule has 0 amide bonds. The summed E-state index contributed by atoms with van der Waals surface area (Å²) in [4.78, 5) is 1.43. The summed E-state index contributed by atoms with van der Waals surface area (Å²) >= 11 is 2.96. The van der Waals surface area contributed by atoms with Crippen LogP contribution in [0.15, 0.2) is 23.2 Å². The maximum absolute atomic E-state index is 12.7. The molecule has 0 aliphatic carbocycles. The molecule has 0 atom stereocenters. The predicted molar refractivity (Wildman–Crippen MR) is 51.0 cm³/mol. The maximum Gasteiger partial charge on any atom is 0.387 e. The zero-order chi connectivity index (χ0) is 10.6. The summed E-state index contributed by atoms with van der Waals surface area (Å²) in [6.07, 6.45) is 1.42. The summed E-state index contributed by atoms with van der Waals surface area (Å²) < 4.78 is 40.7. The van der Waals surface area contributed by atoms with E-state index in [1.807, 2.05) is 0 Å². The fourth-order valence-electron chi connectivity index (χ4n) is 0.921. The fraction of sp³-hybridized carbons (Fsp3) is 0.111. The van der Waals surface area contributed by atoms with E-state index in [9.17, 15) is 13.2 Å². The minimum Gasteiger partial charge on any atom is -0.434 e. The second kappa shape index (κ2) is 5.05. The van der Waals surface area contributed by atoms with Crippen LogP contribution in [0.5, 0.6) is 5.75 Å². The zero-order valence-electron chi connectivity index (χ0n) is 6.88. The van der Waals surface area contributed by atoms with Crippen LogP contribution in [0.3, 0.4) is 0 Å². The van der Waals surface area contributed by atoms with Gasteiger partial charge < -0.3 is 4.74 Å². The molecule has 1 nitrogen and oxygen atoms in total. The van der Waals surface area contributed by atoms with Crippen molar-refractivity contribution >= 4 is 22.0 Å². The molecule has 1 rings (SSSR count). The second-order valence-electron chi connectivity index (χ2n) is 2.35. The van der Waals surface area contributed by atoms with Crippen molar-refractivity contribution in [2.75, 3.05) is 0 Å². The highest BCUT2D eigenvalue weighted by Crippen LogP contribution is 2.23. The van der Waals surface area contributed by atoms with E-state index in [1.165, 1.54) is 11.1 Å². The quantitative estimate of drug-likeness (QED) is 0.809. The van der Waals surface area contributed by atoms with Crippen molar-refractivity contribution in [1.29, 1.82) is 0 Å². The Morgan fingerprint density at radius 3 is 2.64 bits per heavy atom. The van der Waals surface area contributed by atoms with Gasteiger partial charge >= 0.3 is 6.61 Å². The summed E-state index contributed by atoms with van der Waals surface area (Å²) in [5, 5.41) is 0. The summed E-state index contributed by atoms with van der Waals surface area (Å²) in [6.45, 7) is -2.91. The molecule has 0 aromatic heterocycles. The van der Waals surface area contributed by atoms with Gasteiger partial charge in [0.25, 0.3) is 0 Å². The first-order valence-corrected chi connectivity index (χ1v) is 4.56. The molecular formula is C9H6BrF3O. The van der Waals surface area contributed by atoms with Crippen molar-refractivity contribution in [2.24, 2.45) is 0 Å². The van der Waals surface area contributed by atoms with Crippen LogP contribution in [-0.4, -0.2) is 6.61 Å². The lowest BCUT2D eigenvalue weighted by Crippen LogP contribution is -2.03. The third kappa shape index (κ3) is 3.06. The smallest absolute Gasteiger partial charge is 0.387 e. The molecule has 14 heavy (non-hydrogen) atoms. The summed E-state index contributed by atoms with van der Waals surface area (Å²) in [6, 6.07) is 3.32. The third-order valence-corrected chi connectivity index (χ3v) is 1.69. The zero-order valence-corrected chi connectivity index (χ0v) is 8.47. The van der Waals surface area contributed by atoms with E-state index in [4.69, 9.17) is 0 Å². The molecule has 0 unspecified atom stereocenters. The molecule has 0 spiro atoms. The van der Waals surface area contributed by atoms with Gasteiger partial charge in [0.2, 0.25) is 0 Å². The lowest BCUT2D eigenvalue weighted by atomic mass is 10.2. The van der Waals surface area contributed by atoms with E-state index in [-0.39, 0.29) is 11.3 Å². The van der Waals surface area contributed by atoms with E-state index in [1.54, 1.807) is 0 Å². The highest BCUT2D eigenvalue weighted by atomic mass is 79.9. The number of ether oxygens (including phenoxy) is 1. The van der Waals surface area contributed by atoms with Crippen molar-refractivity contribution in [1.82, 2.24) is 0 Å². The standard InChI is InChI=1S/C9H6BrF3O/c10-4-3-6-5-7(11)1-2-8(6)14-9(12)13/h1-5,9H/b4-3+. The van der Waals surface area contributed by atoms with Crippen LogP contribution in [0.4, 0.5) is 13.2 Å². The molecular weight excluding hydrogens is 261 g/mol. The van der Waals surface area contributed by atoms with E-state index < -0.39 is 12.4 Å². The SMILES string of the molecule is Fc1ccc(OC(F)F)c(/C=C/Br)c1. The van der Waals surface area contributed by atoms with Crippen molar-refractivity contribution < 1.29 is 17.9 Å². The highest BCUT2D eigenvalue weighted by molar-refractivity contribution is 9.11. The molecule has 0 aliphatic heterocycles.